The van der Waals surface area contributed by atoms with Crippen LogP contribution in [0.25, 0.3) is 11.4 Å². The zero-order valence-corrected chi connectivity index (χ0v) is 16.2. The Morgan fingerprint density at radius 3 is 2.59 bits per heavy atom. The Labute approximate surface area is 163 Å². The summed E-state index contributed by atoms with van der Waals surface area (Å²) in [5, 5.41) is 12.2. The van der Waals surface area contributed by atoms with Gasteiger partial charge in [0.25, 0.3) is 0 Å². The van der Waals surface area contributed by atoms with Gasteiger partial charge in [-0.3, -0.25) is 4.79 Å². The van der Waals surface area contributed by atoms with Crippen LogP contribution >= 0.6 is 11.8 Å². The second kappa shape index (κ2) is 9.23. The highest BCUT2D eigenvalue weighted by Crippen LogP contribution is 2.30. The molecule has 1 aromatic heterocycles. The van der Waals surface area contributed by atoms with E-state index in [1.54, 1.807) is 7.11 Å². The van der Waals surface area contributed by atoms with E-state index < -0.39 is 0 Å². The molecule has 1 heterocycles. The molecular formula is C20H22N4O2S. The average Bonchev–Trinajstić information content (AvgIpc) is 3.14. The summed E-state index contributed by atoms with van der Waals surface area (Å²) < 4.78 is 7.42. The van der Waals surface area contributed by atoms with Gasteiger partial charge in [-0.1, -0.05) is 54.2 Å². The fourth-order valence-corrected chi connectivity index (χ4v) is 3.52. The van der Waals surface area contributed by atoms with Crippen LogP contribution in [-0.2, 0) is 17.9 Å². The SMILES string of the molecule is CCn1c(SCC(=O)NCc2ccccc2)nnc1-c1ccccc1OC. The van der Waals surface area contributed by atoms with Crippen LogP contribution < -0.4 is 10.1 Å². The molecule has 3 rings (SSSR count). The van der Waals surface area contributed by atoms with Crippen LogP contribution in [0.1, 0.15) is 12.5 Å². The minimum atomic E-state index is -0.0339. The normalized spacial score (nSPS) is 10.6. The van der Waals surface area contributed by atoms with Crippen LogP contribution in [0.15, 0.2) is 59.8 Å². The van der Waals surface area contributed by atoms with Crippen molar-refractivity contribution in [2.75, 3.05) is 12.9 Å². The number of carbonyl (C=O) groups is 1. The van der Waals surface area contributed by atoms with E-state index in [2.05, 4.69) is 15.5 Å². The van der Waals surface area contributed by atoms with Crippen molar-refractivity contribution in [1.82, 2.24) is 20.1 Å². The predicted octanol–water partition coefficient (Wildman–Crippen LogP) is 3.38. The molecule has 27 heavy (non-hydrogen) atoms. The number of nitrogens with zero attached hydrogens (tertiary/aromatic N) is 3. The number of thioether (sulfide) groups is 1. The first-order chi connectivity index (χ1) is 13.2. The average molecular weight is 382 g/mol. The van der Waals surface area contributed by atoms with Crippen molar-refractivity contribution < 1.29 is 9.53 Å². The van der Waals surface area contributed by atoms with E-state index in [0.29, 0.717) is 18.2 Å². The van der Waals surface area contributed by atoms with Gasteiger partial charge >= 0.3 is 0 Å². The lowest BCUT2D eigenvalue weighted by Crippen LogP contribution is -2.24. The molecule has 140 valence electrons. The molecule has 0 unspecified atom stereocenters. The number of hydrogen-bond donors (Lipinski definition) is 1. The fourth-order valence-electron chi connectivity index (χ4n) is 2.69. The van der Waals surface area contributed by atoms with Gasteiger partial charge in [0, 0.05) is 13.1 Å². The smallest absolute Gasteiger partial charge is 0.230 e. The Hall–Kier alpha value is -2.80. The molecule has 0 saturated heterocycles. The number of nitrogens with one attached hydrogen (secondary N) is 1. The number of carbonyl (C=O) groups excluding carboxylic acids is 1. The monoisotopic (exact) mass is 382 g/mol. The summed E-state index contributed by atoms with van der Waals surface area (Å²) in [6.45, 7) is 3.25. The van der Waals surface area contributed by atoms with Crippen LogP contribution in [0, 0.1) is 0 Å². The number of methoxy groups -OCH3 is 1. The lowest BCUT2D eigenvalue weighted by molar-refractivity contribution is -0.118. The molecule has 7 heteroatoms. The Morgan fingerprint density at radius 2 is 1.85 bits per heavy atom. The van der Waals surface area contributed by atoms with Crippen molar-refractivity contribution >= 4 is 17.7 Å². The maximum absolute atomic E-state index is 12.2. The number of benzene rings is 2. The standard InChI is InChI=1S/C20H22N4O2S/c1-3-24-19(16-11-7-8-12-17(16)26-2)22-23-20(24)27-14-18(25)21-13-15-9-5-4-6-10-15/h4-12H,3,13-14H2,1-2H3,(H,21,25). The zero-order valence-electron chi connectivity index (χ0n) is 15.4. The molecule has 0 aliphatic carbocycles. The van der Waals surface area contributed by atoms with Gasteiger partial charge in [0.15, 0.2) is 11.0 Å². The van der Waals surface area contributed by atoms with Crippen LogP contribution in [0.2, 0.25) is 0 Å². The molecule has 1 N–H and O–H groups in total. The summed E-state index contributed by atoms with van der Waals surface area (Å²) >= 11 is 1.38. The fraction of sp³-hybridized carbons (Fsp3) is 0.250. The zero-order chi connectivity index (χ0) is 19.1. The molecule has 6 nitrogen and oxygen atoms in total. The highest BCUT2D eigenvalue weighted by atomic mass is 32.2. The van der Waals surface area contributed by atoms with E-state index in [1.807, 2.05) is 66.1 Å². The Bertz CT molecular complexity index is 896. The summed E-state index contributed by atoms with van der Waals surface area (Å²) in [5.74, 6) is 1.74. The van der Waals surface area contributed by atoms with Crippen molar-refractivity contribution in [3.05, 3.63) is 60.2 Å². The van der Waals surface area contributed by atoms with E-state index in [4.69, 9.17) is 4.74 Å². The molecule has 1 amide bonds. The predicted molar refractivity (Wildman–Crippen MR) is 107 cm³/mol. The number of para-hydroxylation sites is 1. The number of rotatable bonds is 8. The molecule has 0 radical (unpaired) electrons. The van der Waals surface area contributed by atoms with Gasteiger partial charge in [0.05, 0.1) is 18.4 Å². The third-order valence-corrected chi connectivity index (χ3v) is 5.01. The summed E-state index contributed by atoms with van der Waals surface area (Å²) in [5.41, 5.74) is 1.96. The van der Waals surface area contributed by atoms with E-state index in [9.17, 15) is 4.79 Å². The second-order valence-corrected chi connectivity index (χ2v) is 6.74. The molecule has 0 aliphatic heterocycles. The first kappa shape index (κ1) is 19.0. The first-order valence-corrected chi connectivity index (χ1v) is 9.71. The maximum Gasteiger partial charge on any atom is 0.230 e. The minimum Gasteiger partial charge on any atom is -0.496 e. The third kappa shape index (κ3) is 4.68. The Kier molecular flexibility index (Phi) is 6.49. The lowest BCUT2D eigenvalue weighted by Gasteiger charge is -2.10. The molecule has 0 spiro atoms. The minimum absolute atomic E-state index is 0.0339. The van der Waals surface area contributed by atoms with Gasteiger partial charge in [-0.2, -0.15) is 0 Å². The molecule has 0 saturated carbocycles. The van der Waals surface area contributed by atoms with Crippen molar-refractivity contribution in [2.45, 2.75) is 25.2 Å². The van der Waals surface area contributed by atoms with Gasteiger partial charge < -0.3 is 14.6 Å². The largest absolute Gasteiger partial charge is 0.496 e. The van der Waals surface area contributed by atoms with Gasteiger partial charge in [-0.05, 0) is 24.6 Å². The van der Waals surface area contributed by atoms with E-state index in [-0.39, 0.29) is 11.7 Å². The molecule has 2 aromatic carbocycles. The van der Waals surface area contributed by atoms with Crippen LogP contribution in [0.3, 0.4) is 0 Å². The van der Waals surface area contributed by atoms with E-state index >= 15 is 0 Å². The summed E-state index contributed by atoms with van der Waals surface area (Å²) in [6.07, 6.45) is 0. The number of hydrogen-bond acceptors (Lipinski definition) is 5. The quantitative estimate of drug-likeness (QED) is 0.605. The molecule has 0 fully saturated rings. The summed E-state index contributed by atoms with van der Waals surface area (Å²) in [6, 6.07) is 17.6. The molecular weight excluding hydrogens is 360 g/mol. The molecule has 0 aliphatic rings. The molecule has 0 atom stereocenters. The molecule has 0 bridgehead atoms. The van der Waals surface area contributed by atoms with Crippen molar-refractivity contribution in [2.24, 2.45) is 0 Å². The second-order valence-electron chi connectivity index (χ2n) is 5.80. The molecule has 3 aromatic rings. The summed E-state index contributed by atoms with van der Waals surface area (Å²) in [4.78, 5) is 12.2. The van der Waals surface area contributed by atoms with Crippen molar-refractivity contribution in [1.29, 1.82) is 0 Å². The van der Waals surface area contributed by atoms with Crippen molar-refractivity contribution in [3.8, 4) is 17.1 Å². The lowest BCUT2D eigenvalue weighted by atomic mass is 10.2. The highest BCUT2D eigenvalue weighted by molar-refractivity contribution is 7.99. The first-order valence-electron chi connectivity index (χ1n) is 8.73. The van der Waals surface area contributed by atoms with Gasteiger partial charge in [0.1, 0.15) is 5.75 Å². The van der Waals surface area contributed by atoms with Gasteiger partial charge in [-0.25, -0.2) is 0 Å². The van der Waals surface area contributed by atoms with E-state index in [0.717, 1.165) is 22.7 Å². The Morgan fingerprint density at radius 1 is 1.11 bits per heavy atom. The van der Waals surface area contributed by atoms with Crippen LogP contribution in [0.4, 0.5) is 0 Å². The van der Waals surface area contributed by atoms with Gasteiger partial charge in [-0.15, -0.1) is 10.2 Å². The third-order valence-electron chi connectivity index (χ3n) is 4.05. The van der Waals surface area contributed by atoms with Crippen molar-refractivity contribution in [3.63, 3.8) is 0 Å². The van der Waals surface area contributed by atoms with Crippen LogP contribution in [0.5, 0.6) is 5.75 Å². The van der Waals surface area contributed by atoms with E-state index in [1.165, 1.54) is 11.8 Å². The maximum atomic E-state index is 12.2. The number of ether oxygens (including phenoxy) is 1. The topological polar surface area (TPSA) is 69.0 Å². The number of amides is 1. The summed E-state index contributed by atoms with van der Waals surface area (Å²) in [7, 11) is 1.64. The highest BCUT2D eigenvalue weighted by Gasteiger charge is 2.17. The van der Waals surface area contributed by atoms with Crippen LogP contribution in [-0.4, -0.2) is 33.5 Å². The van der Waals surface area contributed by atoms with Gasteiger partial charge in [0.2, 0.25) is 5.91 Å². The Balaban J connectivity index is 1.65. The number of aromatic nitrogens is 3.